The zero-order valence-corrected chi connectivity index (χ0v) is 6.34. The number of hydrogen-bond acceptors (Lipinski definition) is 2. The van der Waals surface area contributed by atoms with E-state index in [-0.39, 0.29) is 24.0 Å². The quantitative estimate of drug-likeness (QED) is 0.658. The van der Waals surface area contributed by atoms with Crippen molar-refractivity contribution in [1.29, 1.82) is 0 Å². The third-order valence-electron chi connectivity index (χ3n) is 0.287. The first-order valence-corrected chi connectivity index (χ1v) is 1.69. The van der Waals surface area contributed by atoms with Crippen LogP contribution < -0.4 is 5.73 Å². The Morgan fingerprint density at radius 3 is 2.29 bits per heavy atom. The van der Waals surface area contributed by atoms with Crippen LogP contribution in [0.4, 0.5) is 4.79 Å². The van der Waals surface area contributed by atoms with Gasteiger partial charge in [0.05, 0.1) is 6.61 Å². The van der Waals surface area contributed by atoms with Gasteiger partial charge in [-0.25, -0.2) is 4.79 Å². The third kappa shape index (κ3) is 10.7. The molecule has 0 radical (unpaired) electrons. The Kier molecular flexibility index (Phi) is 8.64. The van der Waals surface area contributed by atoms with Crippen molar-refractivity contribution in [3.05, 3.63) is 0 Å². The van der Waals surface area contributed by atoms with Gasteiger partial charge >= 0.3 is 6.09 Å². The minimum Gasteiger partial charge on any atom is -0.450 e. The second kappa shape index (κ2) is 6.00. The molecule has 0 aromatic rings. The van der Waals surface area contributed by atoms with Crippen LogP contribution in [0.5, 0.6) is 0 Å². The zero-order chi connectivity index (χ0) is 4.99. The fourth-order valence-corrected chi connectivity index (χ4v) is 0.142. The van der Waals surface area contributed by atoms with E-state index < -0.39 is 6.09 Å². The number of nitrogens with two attached hydrogens (primary N) is 1. The summed E-state index contributed by atoms with van der Waals surface area (Å²) < 4.78 is 4.18. The van der Waals surface area contributed by atoms with E-state index >= 15 is 0 Å². The molecule has 0 unspecified atom stereocenters. The monoisotopic (exact) mass is 217 g/mol. The molecule has 44 valence electrons. The summed E-state index contributed by atoms with van der Waals surface area (Å²) in [5.74, 6) is 0. The van der Waals surface area contributed by atoms with Gasteiger partial charge in [-0.05, 0) is 6.92 Å². The molecule has 4 heteroatoms. The van der Waals surface area contributed by atoms with Crippen molar-refractivity contribution in [3.63, 3.8) is 0 Å². The summed E-state index contributed by atoms with van der Waals surface area (Å²) in [4.78, 5) is 9.60. The Balaban J connectivity index is 0. The lowest BCUT2D eigenvalue weighted by Crippen LogP contribution is -2.11. The average molecular weight is 217 g/mol. The molecule has 3 nitrogen and oxygen atoms in total. The standard InChI is InChI=1S/C3H7NO2.HI/c1-2-6-3(4)5;/h2H2,1H3,(H2,4,5);1H. The van der Waals surface area contributed by atoms with Crippen LogP contribution >= 0.6 is 24.0 Å². The topological polar surface area (TPSA) is 52.3 Å². The number of ether oxygens (including phenoxy) is 1. The first-order chi connectivity index (χ1) is 2.77. The summed E-state index contributed by atoms with van der Waals surface area (Å²) in [6.07, 6.45) is -0.711. The van der Waals surface area contributed by atoms with Crippen LogP contribution in [0.2, 0.25) is 0 Å². The molecule has 0 aromatic heterocycles. The Bertz CT molecular complexity index is 56.9. The van der Waals surface area contributed by atoms with Crippen LogP contribution in [0.15, 0.2) is 0 Å². The van der Waals surface area contributed by atoms with Gasteiger partial charge in [-0.2, -0.15) is 0 Å². The number of carbonyl (C=O) groups excluding carboxylic acids is 1. The maximum atomic E-state index is 9.60. The fourth-order valence-electron chi connectivity index (χ4n) is 0.142. The van der Waals surface area contributed by atoms with Gasteiger partial charge in [0.2, 0.25) is 0 Å². The lowest BCUT2D eigenvalue weighted by molar-refractivity contribution is 0.163. The van der Waals surface area contributed by atoms with Gasteiger partial charge in [0.25, 0.3) is 0 Å². The Morgan fingerprint density at radius 2 is 2.29 bits per heavy atom. The van der Waals surface area contributed by atoms with Crippen LogP contribution in [0.3, 0.4) is 0 Å². The second-order valence-electron chi connectivity index (χ2n) is 0.752. The Labute approximate surface area is 59.2 Å². The lowest BCUT2D eigenvalue weighted by atomic mass is 10.9. The van der Waals surface area contributed by atoms with Crippen LogP contribution in [0.1, 0.15) is 6.92 Å². The van der Waals surface area contributed by atoms with E-state index in [1.165, 1.54) is 0 Å². The van der Waals surface area contributed by atoms with Gasteiger partial charge in [-0.1, -0.05) is 0 Å². The van der Waals surface area contributed by atoms with E-state index in [9.17, 15) is 4.79 Å². The van der Waals surface area contributed by atoms with E-state index in [0.29, 0.717) is 6.61 Å². The molecule has 0 spiro atoms. The van der Waals surface area contributed by atoms with Crippen molar-refractivity contribution < 1.29 is 9.53 Å². The molecule has 1 amide bonds. The summed E-state index contributed by atoms with van der Waals surface area (Å²) in [5, 5.41) is 0. The molecular formula is C3H8INO2. The van der Waals surface area contributed by atoms with E-state index in [2.05, 4.69) is 10.5 Å². The van der Waals surface area contributed by atoms with Crippen molar-refractivity contribution in [2.24, 2.45) is 5.73 Å². The molecule has 0 saturated heterocycles. The predicted molar refractivity (Wildman–Crippen MR) is 36.6 cm³/mol. The maximum Gasteiger partial charge on any atom is 0.404 e. The molecule has 0 aliphatic heterocycles. The Hall–Kier alpha value is 0. The van der Waals surface area contributed by atoms with Gasteiger partial charge < -0.3 is 10.5 Å². The summed E-state index contributed by atoms with van der Waals surface area (Å²) in [7, 11) is 0. The summed E-state index contributed by atoms with van der Waals surface area (Å²) >= 11 is 0. The summed E-state index contributed by atoms with van der Waals surface area (Å²) in [6.45, 7) is 2.06. The highest BCUT2D eigenvalue weighted by atomic mass is 127. The highest BCUT2D eigenvalue weighted by Gasteiger charge is 1.82. The number of amides is 1. The van der Waals surface area contributed by atoms with Crippen LogP contribution in [-0.2, 0) is 4.74 Å². The van der Waals surface area contributed by atoms with Crippen molar-refractivity contribution in [3.8, 4) is 0 Å². The first kappa shape index (κ1) is 10.1. The van der Waals surface area contributed by atoms with E-state index in [4.69, 9.17) is 0 Å². The van der Waals surface area contributed by atoms with E-state index in [0.717, 1.165) is 0 Å². The van der Waals surface area contributed by atoms with Crippen molar-refractivity contribution in [2.45, 2.75) is 6.92 Å². The zero-order valence-electron chi connectivity index (χ0n) is 4.01. The highest BCUT2D eigenvalue weighted by molar-refractivity contribution is 14.0. The van der Waals surface area contributed by atoms with Crippen molar-refractivity contribution in [1.82, 2.24) is 0 Å². The minimum atomic E-state index is -0.711. The van der Waals surface area contributed by atoms with Crippen LogP contribution in [0, 0.1) is 0 Å². The van der Waals surface area contributed by atoms with Gasteiger partial charge in [0.1, 0.15) is 0 Å². The van der Waals surface area contributed by atoms with Crippen molar-refractivity contribution in [2.75, 3.05) is 6.61 Å². The SMILES string of the molecule is CCOC(N)=O.I. The number of primary amides is 1. The molecule has 0 atom stereocenters. The van der Waals surface area contributed by atoms with Gasteiger partial charge in [0, 0.05) is 0 Å². The molecule has 0 rings (SSSR count). The summed E-state index contributed by atoms with van der Waals surface area (Å²) in [6, 6.07) is 0. The normalized spacial score (nSPS) is 6.43. The lowest BCUT2D eigenvalue weighted by Gasteiger charge is -1.89. The first-order valence-electron chi connectivity index (χ1n) is 1.69. The fraction of sp³-hybridized carbons (Fsp3) is 0.667. The molecular weight excluding hydrogens is 209 g/mol. The number of carbonyl (C=O) groups is 1. The molecule has 0 heterocycles. The summed E-state index contributed by atoms with van der Waals surface area (Å²) in [5.41, 5.74) is 4.54. The van der Waals surface area contributed by atoms with Gasteiger partial charge in [-0.3, -0.25) is 0 Å². The molecule has 0 aliphatic rings. The number of halogens is 1. The third-order valence-corrected chi connectivity index (χ3v) is 0.287. The highest BCUT2D eigenvalue weighted by Crippen LogP contribution is 1.66. The van der Waals surface area contributed by atoms with Crippen molar-refractivity contribution >= 4 is 30.1 Å². The van der Waals surface area contributed by atoms with Crippen LogP contribution in [0.25, 0.3) is 0 Å². The smallest absolute Gasteiger partial charge is 0.404 e. The molecule has 0 fully saturated rings. The average Bonchev–Trinajstić information content (AvgIpc) is 1.35. The van der Waals surface area contributed by atoms with E-state index in [1.54, 1.807) is 6.92 Å². The predicted octanol–water partition coefficient (Wildman–Crippen LogP) is 0.720. The molecule has 7 heavy (non-hydrogen) atoms. The number of hydrogen-bond donors (Lipinski definition) is 1. The largest absolute Gasteiger partial charge is 0.450 e. The molecule has 0 bridgehead atoms. The van der Waals surface area contributed by atoms with Gasteiger partial charge in [-0.15, -0.1) is 24.0 Å². The molecule has 2 N–H and O–H groups in total. The maximum absolute atomic E-state index is 9.60. The van der Waals surface area contributed by atoms with Crippen LogP contribution in [-0.4, -0.2) is 12.7 Å². The molecule has 0 aromatic carbocycles. The second-order valence-corrected chi connectivity index (χ2v) is 0.752. The van der Waals surface area contributed by atoms with E-state index in [1.807, 2.05) is 0 Å². The number of rotatable bonds is 1. The Morgan fingerprint density at radius 1 is 1.86 bits per heavy atom. The molecule has 0 aliphatic carbocycles. The molecule has 0 saturated carbocycles. The van der Waals surface area contributed by atoms with Gasteiger partial charge in [0.15, 0.2) is 0 Å². The minimum absolute atomic E-state index is 0.